The summed E-state index contributed by atoms with van der Waals surface area (Å²) >= 11 is 0. The first-order valence-electron chi connectivity index (χ1n) is 3.31. The fraction of sp³-hybridized carbons (Fsp3) is 0.500. The van der Waals surface area contributed by atoms with Gasteiger partial charge in [-0.15, -0.1) is 12.4 Å². The zero-order chi connectivity index (χ0) is 9.19. The first-order valence-corrected chi connectivity index (χ1v) is 3.31. The van der Waals surface area contributed by atoms with E-state index in [9.17, 15) is 13.2 Å². The van der Waals surface area contributed by atoms with Gasteiger partial charge in [0.2, 0.25) is 0 Å². The SMILES string of the molecule is Cl.NCC(n1cccn1)C(F)(F)F. The van der Waals surface area contributed by atoms with Crippen molar-refractivity contribution in [2.24, 2.45) is 5.73 Å². The van der Waals surface area contributed by atoms with Crippen LogP contribution in [0.1, 0.15) is 6.04 Å². The van der Waals surface area contributed by atoms with E-state index in [1.807, 2.05) is 0 Å². The van der Waals surface area contributed by atoms with Crippen LogP contribution in [0.4, 0.5) is 13.2 Å². The standard InChI is InChI=1S/C6H8F3N3.ClH/c7-6(8,9)5(4-10)12-3-1-2-11-12;/h1-3,5H,4,10H2;1H. The van der Waals surface area contributed by atoms with E-state index in [1.54, 1.807) is 0 Å². The molecule has 1 unspecified atom stereocenters. The zero-order valence-corrected chi connectivity index (χ0v) is 7.35. The van der Waals surface area contributed by atoms with Gasteiger partial charge < -0.3 is 5.73 Å². The number of hydrogen-bond acceptors (Lipinski definition) is 2. The van der Waals surface area contributed by atoms with Crippen molar-refractivity contribution in [1.29, 1.82) is 0 Å². The molecule has 2 N–H and O–H groups in total. The largest absolute Gasteiger partial charge is 0.412 e. The highest BCUT2D eigenvalue weighted by molar-refractivity contribution is 5.85. The Kier molecular flexibility index (Phi) is 4.22. The lowest BCUT2D eigenvalue weighted by atomic mass is 10.3. The number of alkyl halides is 3. The third-order valence-corrected chi connectivity index (χ3v) is 1.45. The van der Waals surface area contributed by atoms with Crippen molar-refractivity contribution in [3.05, 3.63) is 18.5 Å². The van der Waals surface area contributed by atoms with Crippen molar-refractivity contribution in [2.75, 3.05) is 6.54 Å². The molecule has 0 amide bonds. The molecule has 1 aromatic rings. The van der Waals surface area contributed by atoms with Crippen molar-refractivity contribution in [1.82, 2.24) is 9.78 Å². The number of nitrogens with two attached hydrogens (primary N) is 1. The Balaban J connectivity index is 0.00000144. The van der Waals surface area contributed by atoms with Gasteiger partial charge in [0.1, 0.15) is 0 Å². The highest BCUT2D eigenvalue weighted by Crippen LogP contribution is 2.28. The maximum atomic E-state index is 12.1. The predicted octanol–water partition coefficient (Wildman–Crippen LogP) is 1.37. The first-order chi connectivity index (χ1) is 5.55. The van der Waals surface area contributed by atoms with Crippen molar-refractivity contribution < 1.29 is 13.2 Å². The van der Waals surface area contributed by atoms with Gasteiger partial charge in [0.25, 0.3) is 0 Å². The number of nitrogens with zero attached hydrogens (tertiary/aromatic N) is 2. The molecule has 0 bridgehead atoms. The highest BCUT2D eigenvalue weighted by atomic mass is 35.5. The maximum Gasteiger partial charge on any atom is 0.412 e. The molecule has 0 saturated heterocycles. The summed E-state index contributed by atoms with van der Waals surface area (Å²) in [5.41, 5.74) is 4.97. The van der Waals surface area contributed by atoms with E-state index >= 15 is 0 Å². The Morgan fingerprint density at radius 2 is 2.08 bits per heavy atom. The first kappa shape index (κ1) is 12.2. The average Bonchev–Trinajstić information content (AvgIpc) is 2.38. The van der Waals surface area contributed by atoms with Crippen LogP contribution < -0.4 is 5.73 Å². The lowest BCUT2D eigenvalue weighted by Crippen LogP contribution is -2.33. The lowest BCUT2D eigenvalue weighted by molar-refractivity contribution is -0.167. The number of hydrogen-bond donors (Lipinski definition) is 1. The van der Waals surface area contributed by atoms with E-state index in [1.165, 1.54) is 18.5 Å². The monoisotopic (exact) mass is 215 g/mol. The lowest BCUT2D eigenvalue weighted by Gasteiger charge is -2.18. The molecule has 1 aromatic heterocycles. The summed E-state index contributed by atoms with van der Waals surface area (Å²) in [6.45, 7) is -0.495. The van der Waals surface area contributed by atoms with E-state index in [2.05, 4.69) is 5.10 Å². The Labute approximate surface area is 79.1 Å². The van der Waals surface area contributed by atoms with Gasteiger partial charge in [0.15, 0.2) is 6.04 Å². The van der Waals surface area contributed by atoms with Gasteiger partial charge in [-0.3, -0.25) is 4.68 Å². The molecule has 0 fully saturated rings. The summed E-state index contributed by atoms with van der Waals surface area (Å²) in [6, 6.07) is -0.290. The fourth-order valence-electron chi connectivity index (χ4n) is 0.857. The molecule has 13 heavy (non-hydrogen) atoms. The second-order valence-electron chi connectivity index (χ2n) is 2.28. The highest BCUT2D eigenvalue weighted by Gasteiger charge is 2.40. The van der Waals surface area contributed by atoms with Crippen LogP contribution in [0.2, 0.25) is 0 Å². The van der Waals surface area contributed by atoms with Gasteiger partial charge >= 0.3 is 6.18 Å². The molecule has 0 aliphatic rings. The molecule has 7 heteroatoms. The summed E-state index contributed by atoms with van der Waals surface area (Å²) in [6.07, 6.45) is -1.81. The second kappa shape index (κ2) is 4.48. The third kappa shape index (κ3) is 2.89. The predicted molar refractivity (Wildman–Crippen MR) is 43.6 cm³/mol. The molecule has 1 rings (SSSR count). The van der Waals surface area contributed by atoms with Gasteiger partial charge in [-0.25, -0.2) is 0 Å². The minimum Gasteiger partial charge on any atom is -0.328 e. The Bertz CT molecular complexity index is 234. The number of halogens is 4. The molecule has 1 atom stereocenters. The Hall–Kier alpha value is -0.750. The number of aromatic nitrogens is 2. The molecule has 0 spiro atoms. The molecule has 0 saturated carbocycles. The molecule has 0 radical (unpaired) electrons. The quantitative estimate of drug-likeness (QED) is 0.810. The maximum absolute atomic E-state index is 12.1. The van der Waals surface area contributed by atoms with Crippen LogP contribution in [0.5, 0.6) is 0 Å². The summed E-state index contributed by atoms with van der Waals surface area (Å²) in [5.74, 6) is 0. The van der Waals surface area contributed by atoms with Crippen LogP contribution in [0.25, 0.3) is 0 Å². The van der Waals surface area contributed by atoms with E-state index < -0.39 is 18.8 Å². The topological polar surface area (TPSA) is 43.8 Å². The van der Waals surface area contributed by atoms with Crippen molar-refractivity contribution in [3.63, 3.8) is 0 Å². The number of rotatable bonds is 2. The van der Waals surface area contributed by atoms with Gasteiger partial charge in [-0.2, -0.15) is 18.3 Å². The van der Waals surface area contributed by atoms with Crippen LogP contribution in [0.15, 0.2) is 18.5 Å². The minimum absolute atomic E-state index is 0. The summed E-state index contributed by atoms with van der Waals surface area (Å²) in [4.78, 5) is 0. The fourth-order valence-corrected chi connectivity index (χ4v) is 0.857. The zero-order valence-electron chi connectivity index (χ0n) is 6.53. The summed E-state index contributed by atoms with van der Waals surface area (Å²) in [7, 11) is 0. The van der Waals surface area contributed by atoms with E-state index in [0.29, 0.717) is 0 Å². The van der Waals surface area contributed by atoms with Crippen LogP contribution in [0, 0.1) is 0 Å². The van der Waals surface area contributed by atoms with E-state index in [4.69, 9.17) is 5.73 Å². The second-order valence-corrected chi connectivity index (χ2v) is 2.28. The summed E-state index contributed by atoms with van der Waals surface area (Å²) in [5, 5.41) is 3.47. The van der Waals surface area contributed by atoms with Gasteiger partial charge in [0.05, 0.1) is 0 Å². The Morgan fingerprint density at radius 1 is 1.46 bits per heavy atom. The van der Waals surface area contributed by atoms with Gasteiger partial charge in [0, 0.05) is 18.9 Å². The smallest absolute Gasteiger partial charge is 0.328 e. The summed E-state index contributed by atoms with van der Waals surface area (Å²) < 4.78 is 37.2. The molecule has 0 aliphatic heterocycles. The average molecular weight is 216 g/mol. The van der Waals surface area contributed by atoms with Gasteiger partial charge in [-0.1, -0.05) is 0 Å². The normalized spacial score (nSPS) is 13.5. The molecule has 0 aliphatic carbocycles. The third-order valence-electron chi connectivity index (χ3n) is 1.45. The molecular formula is C6H9ClF3N3. The van der Waals surface area contributed by atoms with Crippen LogP contribution in [-0.4, -0.2) is 22.5 Å². The van der Waals surface area contributed by atoms with Crippen molar-refractivity contribution in [3.8, 4) is 0 Å². The van der Waals surface area contributed by atoms with E-state index in [0.717, 1.165) is 4.68 Å². The minimum atomic E-state index is -4.33. The van der Waals surface area contributed by atoms with Gasteiger partial charge in [-0.05, 0) is 6.07 Å². The van der Waals surface area contributed by atoms with E-state index in [-0.39, 0.29) is 12.4 Å². The van der Waals surface area contributed by atoms with Crippen molar-refractivity contribution in [2.45, 2.75) is 12.2 Å². The van der Waals surface area contributed by atoms with Crippen LogP contribution in [-0.2, 0) is 0 Å². The molecule has 3 nitrogen and oxygen atoms in total. The molecule has 76 valence electrons. The molecule has 0 aromatic carbocycles. The van der Waals surface area contributed by atoms with Crippen LogP contribution in [0.3, 0.4) is 0 Å². The van der Waals surface area contributed by atoms with Crippen LogP contribution >= 0.6 is 12.4 Å². The molecule has 1 heterocycles. The van der Waals surface area contributed by atoms with Crippen molar-refractivity contribution >= 4 is 12.4 Å². The molecular weight excluding hydrogens is 207 g/mol. The Morgan fingerprint density at radius 3 is 2.38 bits per heavy atom.